The van der Waals surface area contributed by atoms with Crippen molar-refractivity contribution in [3.8, 4) is 11.1 Å². The fourth-order valence-corrected chi connectivity index (χ4v) is 6.31. The van der Waals surface area contributed by atoms with Crippen LogP contribution in [0.4, 0.5) is 33.9 Å². The van der Waals surface area contributed by atoms with Gasteiger partial charge in [-0.25, -0.2) is 24.4 Å². The Hall–Kier alpha value is -5.84. The molecule has 2 amide bonds. The third-order valence-electron chi connectivity index (χ3n) is 8.32. The Morgan fingerprint density at radius 1 is 1.08 bits per heavy atom. The number of carbonyl (C=O) groups excluding carboxylic acids is 2. The van der Waals surface area contributed by atoms with Crippen LogP contribution in [0.15, 0.2) is 94.3 Å². The van der Waals surface area contributed by atoms with E-state index in [2.05, 4.69) is 25.5 Å². The van der Waals surface area contributed by atoms with Gasteiger partial charge in [-0.3, -0.25) is 15.0 Å². The second-order valence-corrected chi connectivity index (χ2v) is 13.8. The molecule has 4 aromatic rings. The standard InChI is InChI=1S/C35H33ClF4N10O3/c1-33(2,3)18-34(24-10-7-21(8-11-24)23-15-44-48(16-23)30(37)38)29(51)49(31(41)47-34)27(17-53-32(52)46-28-6-4-5-13-43-28)22-9-12-25(36)26(14-22)50-35(39,40)19-42-20-45-50/h4-16,19-20,27,30H,17-18H2,1-3H3,(H2,41,47)(H,43,46,52)/t27-,34-/m1/s1. The number of hydrazone groups is 1. The highest BCUT2D eigenvalue weighted by Gasteiger charge is 2.53. The molecule has 276 valence electrons. The average Bonchev–Trinajstić information content (AvgIpc) is 3.69. The maximum absolute atomic E-state index is 15.0. The van der Waals surface area contributed by atoms with E-state index in [1.54, 1.807) is 42.5 Å². The zero-order valence-electron chi connectivity index (χ0n) is 28.5. The minimum Gasteiger partial charge on any atom is -0.447 e. The molecular formula is C35H33ClF4N10O3. The minimum absolute atomic E-state index is 0.0934. The molecule has 0 fully saturated rings. The molecular weight excluding hydrogens is 720 g/mol. The first kappa shape index (κ1) is 36.9. The SMILES string of the molecule is CC(C)(C)C[C@]1(c2ccc(-c3cnn(C(F)F)c3)cc2)N=C(N)N([C@H](COC(=O)Nc2ccccn2)c2ccc(Cl)c(N3N=CN=CC3(F)F)c2)C1=O. The molecule has 0 saturated heterocycles. The van der Waals surface area contributed by atoms with E-state index in [0.29, 0.717) is 32.6 Å². The van der Waals surface area contributed by atoms with E-state index in [-0.39, 0.29) is 34.5 Å². The van der Waals surface area contributed by atoms with E-state index in [1.165, 1.54) is 36.8 Å². The van der Waals surface area contributed by atoms with E-state index in [1.807, 2.05) is 20.8 Å². The van der Waals surface area contributed by atoms with E-state index < -0.39 is 48.2 Å². The third kappa shape index (κ3) is 7.69. The van der Waals surface area contributed by atoms with Crippen LogP contribution in [0.25, 0.3) is 11.1 Å². The van der Waals surface area contributed by atoms with Crippen LogP contribution in [0, 0.1) is 5.41 Å². The van der Waals surface area contributed by atoms with Crippen LogP contribution in [-0.4, -0.2) is 62.8 Å². The van der Waals surface area contributed by atoms with Gasteiger partial charge in [0.2, 0.25) is 0 Å². The molecule has 6 rings (SSSR count). The number of aliphatic imine (C=N–C) groups is 2. The summed E-state index contributed by atoms with van der Waals surface area (Å²) in [7, 11) is 0. The second-order valence-electron chi connectivity index (χ2n) is 13.4. The number of alkyl halides is 4. The van der Waals surface area contributed by atoms with Crippen molar-refractivity contribution in [1.29, 1.82) is 0 Å². The van der Waals surface area contributed by atoms with E-state index in [0.717, 1.165) is 11.2 Å². The number of guanidine groups is 1. The van der Waals surface area contributed by atoms with Crippen LogP contribution in [0.2, 0.25) is 5.02 Å². The number of nitrogens with one attached hydrogen (secondary N) is 1. The molecule has 0 aliphatic carbocycles. The predicted molar refractivity (Wildman–Crippen MR) is 191 cm³/mol. The van der Waals surface area contributed by atoms with E-state index in [4.69, 9.17) is 27.1 Å². The van der Waals surface area contributed by atoms with Crippen LogP contribution in [0.3, 0.4) is 0 Å². The Morgan fingerprint density at radius 2 is 1.83 bits per heavy atom. The number of pyridine rings is 1. The summed E-state index contributed by atoms with van der Waals surface area (Å²) in [6, 6.07) is 10.7. The number of carbonyl (C=O) groups is 2. The number of hydrogen-bond acceptors (Lipinski definition) is 10. The van der Waals surface area contributed by atoms with E-state index >= 15 is 0 Å². The van der Waals surface area contributed by atoms with Crippen molar-refractivity contribution in [3.05, 3.63) is 95.4 Å². The highest BCUT2D eigenvalue weighted by Crippen LogP contribution is 2.46. The first-order valence-electron chi connectivity index (χ1n) is 16.1. The van der Waals surface area contributed by atoms with Crippen molar-refractivity contribution in [2.75, 3.05) is 16.9 Å². The van der Waals surface area contributed by atoms with Gasteiger partial charge >= 0.3 is 18.7 Å². The van der Waals surface area contributed by atoms with Crippen molar-refractivity contribution < 1.29 is 31.9 Å². The molecule has 0 radical (unpaired) electrons. The van der Waals surface area contributed by atoms with Crippen LogP contribution < -0.4 is 16.1 Å². The van der Waals surface area contributed by atoms with Gasteiger partial charge in [0.15, 0.2) is 11.5 Å². The lowest BCUT2D eigenvalue weighted by atomic mass is 9.75. The molecule has 0 unspecified atom stereocenters. The summed E-state index contributed by atoms with van der Waals surface area (Å²) < 4.78 is 62.4. The molecule has 0 spiro atoms. The van der Waals surface area contributed by atoms with Gasteiger partial charge in [-0.05, 0) is 52.8 Å². The summed E-state index contributed by atoms with van der Waals surface area (Å²) in [5, 5.41) is 10.2. The molecule has 53 heavy (non-hydrogen) atoms. The normalized spacial score (nSPS) is 18.7. The number of halogens is 5. The molecule has 13 nitrogen and oxygen atoms in total. The van der Waals surface area contributed by atoms with Crippen molar-refractivity contribution in [3.63, 3.8) is 0 Å². The third-order valence-corrected chi connectivity index (χ3v) is 8.64. The minimum atomic E-state index is -3.65. The number of nitrogens with two attached hydrogens (primary N) is 1. The summed E-state index contributed by atoms with van der Waals surface area (Å²) in [5.41, 5.74) is 5.89. The lowest BCUT2D eigenvalue weighted by Gasteiger charge is -2.35. The van der Waals surface area contributed by atoms with Gasteiger partial charge in [-0.1, -0.05) is 68.8 Å². The molecule has 2 aromatic carbocycles. The maximum atomic E-state index is 15.0. The molecule has 4 heterocycles. The number of ether oxygens (including phenoxy) is 1. The van der Waals surface area contributed by atoms with Gasteiger partial charge in [0, 0.05) is 18.0 Å². The number of aromatic nitrogens is 3. The summed E-state index contributed by atoms with van der Waals surface area (Å²) in [4.78, 5) is 41.3. The summed E-state index contributed by atoms with van der Waals surface area (Å²) in [5.74, 6) is -0.626. The fourth-order valence-electron chi connectivity index (χ4n) is 6.12. The smallest absolute Gasteiger partial charge is 0.412 e. The van der Waals surface area contributed by atoms with Gasteiger partial charge in [0.05, 0.1) is 29.2 Å². The number of rotatable bonds is 10. The van der Waals surface area contributed by atoms with Gasteiger partial charge < -0.3 is 10.5 Å². The summed E-state index contributed by atoms with van der Waals surface area (Å²) >= 11 is 6.40. The Balaban J connectivity index is 1.40. The fraction of sp³-hybridized carbons (Fsp3) is 0.286. The van der Waals surface area contributed by atoms with Gasteiger partial charge in [0.1, 0.15) is 18.8 Å². The number of amides is 2. The predicted octanol–water partition coefficient (Wildman–Crippen LogP) is 7.20. The molecule has 2 aromatic heterocycles. The van der Waals surface area contributed by atoms with Crippen LogP contribution in [-0.2, 0) is 15.1 Å². The molecule has 2 aliphatic rings. The molecule has 18 heteroatoms. The van der Waals surface area contributed by atoms with Crippen molar-refractivity contribution >= 4 is 53.6 Å². The molecule has 0 bridgehead atoms. The zero-order valence-corrected chi connectivity index (χ0v) is 29.3. The molecule has 2 aliphatic heterocycles. The monoisotopic (exact) mass is 752 g/mol. The first-order valence-corrected chi connectivity index (χ1v) is 16.5. The number of benzene rings is 2. The first-order chi connectivity index (χ1) is 25.1. The Bertz CT molecular complexity index is 2090. The van der Waals surface area contributed by atoms with Gasteiger partial charge in [-0.15, -0.1) is 0 Å². The Labute approximate surface area is 305 Å². The average molecular weight is 753 g/mol. The lowest BCUT2D eigenvalue weighted by Crippen LogP contribution is -2.47. The van der Waals surface area contributed by atoms with Crippen molar-refractivity contribution in [1.82, 2.24) is 19.7 Å². The van der Waals surface area contributed by atoms with Crippen LogP contribution >= 0.6 is 11.6 Å². The van der Waals surface area contributed by atoms with Crippen molar-refractivity contribution in [2.24, 2.45) is 26.2 Å². The second kappa shape index (κ2) is 14.3. The molecule has 0 saturated carbocycles. The van der Waals surface area contributed by atoms with Crippen molar-refractivity contribution in [2.45, 2.75) is 51.4 Å². The highest BCUT2D eigenvalue weighted by atomic mass is 35.5. The maximum Gasteiger partial charge on any atom is 0.412 e. The number of hydrogen-bond donors (Lipinski definition) is 2. The summed E-state index contributed by atoms with van der Waals surface area (Å²) in [6.07, 6.45) is 4.54. The Kier molecular flexibility index (Phi) is 9.96. The van der Waals surface area contributed by atoms with Gasteiger partial charge in [-0.2, -0.15) is 32.8 Å². The van der Waals surface area contributed by atoms with E-state index in [9.17, 15) is 27.2 Å². The highest BCUT2D eigenvalue weighted by molar-refractivity contribution is 6.33. The van der Waals surface area contributed by atoms with Crippen LogP contribution in [0.1, 0.15) is 50.9 Å². The zero-order chi connectivity index (χ0) is 38.1. The molecule has 2 atom stereocenters. The quantitative estimate of drug-likeness (QED) is 0.128. The van der Waals surface area contributed by atoms with Crippen LogP contribution in [0.5, 0.6) is 0 Å². The largest absolute Gasteiger partial charge is 0.447 e. The number of anilines is 2. The Morgan fingerprint density at radius 3 is 2.47 bits per heavy atom. The molecule has 3 N–H and O–H groups in total. The lowest BCUT2D eigenvalue weighted by molar-refractivity contribution is -0.135. The number of nitrogens with zero attached hydrogens (tertiary/aromatic N) is 8. The topological polar surface area (TPSA) is 156 Å². The summed E-state index contributed by atoms with van der Waals surface area (Å²) in [6.45, 7) is 2.42. The van der Waals surface area contributed by atoms with Gasteiger partial charge in [0.25, 0.3) is 5.91 Å².